The van der Waals surface area contributed by atoms with Gasteiger partial charge in [-0.05, 0) is 48.6 Å². The molecule has 1 heterocycles. The van der Waals surface area contributed by atoms with E-state index in [4.69, 9.17) is 27.9 Å². The van der Waals surface area contributed by atoms with Crippen LogP contribution in [0.15, 0.2) is 47.8 Å². The van der Waals surface area contributed by atoms with Crippen LogP contribution in [0.2, 0.25) is 10.0 Å². The van der Waals surface area contributed by atoms with Crippen LogP contribution in [0.4, 0.5) is 0 Å². The van der Waals surface area contributed by atoms with Crippen molar-refractivity contribution in [3.63, 3.8) is 0 Å². The van der Waals surface area contributed by atoms with Crippen LogP contribution in [-0.4, -0.2) is 17.4 Å². The zero-order chi connectivity index (χ0) is 19.5. The minimum absolute atomic E-state index is 0.122. The topological polar surface area (TPSA) is 51.2 Å². The minimum Gasteiger partial charge on any atom is -0.488 e. The highest BCUT2D eigenvalue weighted by Gasteiger charge is 2.22. The average molecular weight is 433 g/mol. The maximum Gasteiger partial charge on any atom is 0.270 e. The molecule has 1 saturated carbocycles. The summed E-state index contributed by atoms with van der Waals surface area (Å²) in [6.45, 7) is 1.09. The Hall–Kier alpha value is -2.08. The second kappa shape index (κ2) is 8.52. The fraction of sp³-hybridized carbons (Fsp3) is 0.238. The van der Waals surface area contributed by atoms with Crippen LogP contribution in [0.3, 0.4) is 0 Å². The third-order valence-corrected chi connectivity index (χ3v) is 6.10. The highest BCUT2D eigenvalue weighted by molar-refractivity contribution is 7.13. The summed E-state index contributed by atoms with van der Waals surface area (Å²) >= 11 is 13.5. The minimum atomic E-state index is -0.122. The Labute approximate surface area is 177 Å². The van der Waals surface area contributed by atoms with Crippen LogP contribution in [-0.2, 0) is 6.61 Å². The average Bonchev–Trinajstić information content (AvgIpc) is 3.41. The maximum atomic E-state index is 12.3. The standard InChI is InChI=1S/C21H18Cl2N2O2S/c22-16-8-7-14(9-17(16)23)11-27-19-4-2-1-3-15(19)21-25-18(12-28-21)20(26)24-10-13-5-6-13/h1-4,7-9,12-13H,5-6,10-11H2,(H,24,26). The maximum absolute atomic E-state index is 12.3. The summed E-state index contributed by atoms with van der Waals surface area (Å²) in [5.41, 5.74) is 2.22. The Balaban J connectivity index is 1.47. The number of hydrogen-bond donors (Lipinski definition) is 1. The van der Waals surface area contributed by atoms with Gasteiger partial charge in [0.05, 0.1) is 15.6 Å². The Bertz CT molecular complexity index is 1000. The van der Waals surface area contributed by atoms with Gasteiger partial charge in [-0.25, -0.2) is 4.98 Å². The molecule has 0 unspecified atom stereocenters. The van der Waals surface area contributed by atoms with Crippen LogP contribution >= 0.6 is 34.5 Å². The zero-order valence-electron chi connectivity index (χ0n) is 15.0. The van der Waals surface area contributed by atoms with E-state index in [1.165, 1.54) is 24.2 Å². The van der Waals surface area contributed by atoms with Crippen LogP contribution in [0, 0.1) is 5.92 Å². The molecule has 3 aromatic rings. The molecule has 0 saturated heterocycles. The van der Waals surface area contributed by atoms with Gasteiger partial charge in [-0.15, -0.1) is 11.3 Å². The number of ether oxygens (including phenoxy) is 1. The molecule has 0 bridgehead atoms. The lowest BCUT2D eigenvalue weighted by atomic mass is 10.2. The van der Waals surface area contributed by atoms with Gasteiger partial charge in [0.25, 0.3) is 5.91 Å². The normalized spacial score (nSPS) is 13.4. The summed E-state index contributed by atoms with van der Waals surface area (Å²) < 4.78 is 5.99. The summed E-state index contributed by atoms with van der Waals surface area (Å²) in [6.07, 6.45) is 2.40. The number of carbonyl (C=O) groups is 1. The Morgan fingerprint density at radius 3 is 2.79 bits per heavy atom. The second-order valence-corrected chi connectivity index (χ2v) is 8.40. The van der Waals surface area contributed by atoms with E-state index in [1.54, 1.807) is 17.5 Å². The molecular weight excluding hydrogens is 415 g/mol. The molecule has 1 N–H and O–H groups in total. The quantitative estimate of drug-likeness (QED) is 0.510. The molecule has 7 heteroatoms. The number of benzene rings is 2. The first-order valence-electron chi connectivity index (χ1n) is 9.00. The van der Waals surface area contributed by atoms with Gasteiger partial charge in [0, 0.05) is 11.9 Å². The first-order chi connectivity index (χ1) is 13.6. The molecule has 0 radical (unpaired) electrons. The second-order valence-electron chi connectivity index (χ2n) is 6.72. The molecule has 0 atom stereocenters. The monoisotopic (exact) mass is 432 g/mol. The van der Waals surface area contributed by atoms with E-state index in [1.807, 2.05) is 30.3 Å². The molecule has 1 amide bonds. The third-order valence-electron chi connectivity index (χ3n) is 4.48. The highest BCUT2D eigenvalue weighted by Crippen LogP contribution is 2.33. The van der Waals surface area contributed by atoms with Gasteiger partial charge in [-0.3, -0.25) is 4.79 Å². The molecular formula is C21H18Cl2N2O2S. The highest BCUT2D eigenvalue weighted by atomic mass is 35.5. The van der Waals surface area contributed by atoms with Crippen molar-refractivity contribution in [2.45, 2.75) is 19.4 Å². The molecule has 2 aromatic carbocycles. The molecule has 0 spiro atoms. The van der Waals surface area contributed by atoms with Crippen molar-refractivity contribution in [1.82, 2.24) is 10.3 Å². The molecule has 4 rings (SSSR count). The summed E-state index contributed by atoms with van der Waals surface area (Å²) in [6, 6.07) is 13.1. The number of carbonyl (C=O) groups excluding carboxylic acids is 1. The van der Waals surface area contributed by atoms with E-state index < -0.39 is 0 Å². The lowest BCUT2D eigenvalue weighted by molar-refractivity contribution is 0.0947. The zero-order valence-corrected chi connectivity index (χ0v) is 17.3. The van der Waals surface area contributed by atoms with Gasteiger partial charge in [0.2, 0.25) is 0 Å². The van der Waals surface area contributed by atoms with Gasteiger partial charge in [-0.1, -0.05) is 41.4 Å². The van der Waals surface area contributed by atoms with Crippen LogP contribution in [0.1, 0.15) is 28.9 Å². The fourth-order valence-corrected chi connectivity index (χ4v) is 3.86. The molecule has 144 valence electrons. The number of amides is 1. The first-order valence-corrected chi connectivity index (χ1v) is 10.6. The molecule has 1 aromatic heterocycles. The molecule has 1 aliphatic carbocycles. The number of halogens is 2. The summed E-state index contributed by atoms with van der Waals surface area (Å²) in [5.74, 6) is 1.22. The SMILES string of the molecule is O=C(NCC1CC1)c1csc(-c2ccccc2OCc2ccc(Cl)c(Cl)c2)n1. The number of rotatable bonds is 7. The van der Waals surface area contributed by atoms with E-state index in [0.717, 1.165) is 22.7 Å². The predicted molar refractivity (Wildman–Crippen MR) is 113 cm³/mol. The number of hydrogen-bond acceptors (Lipinski definition) is 4. The smallest absolute Gasteiger partial charge is 0.270 e. The van der Waals surface area contributed by atoms with E-state index in [2.05, 4.69) is 10.3 Å². The number of thiazole rings is 1. The van der Waals surface area contributed by atoms with Gasteiger partial charge >= 0.3 is 0 Å². The summed E-state index contributed by atoms with van der Waals surface area (Å²) in [7, 11) is 0. The molecule has 1 aliphatic rings. The van der Waals surface area contributed by atoms with Crippen LogP contribution in [0.5, 0.6) is 5.75 Å². The summed E-state index contributed by atoms with van der Waals surface area (Å²) in [4.78, 5) is 16.8. The van der Waals surface area contributed by atoms with Crippen molar-refractivity contribution in [2.24, 2.45) is 5.92 Å². The first kappa shape index (κ1) is 19.2. The van der Waals surface area contributed by atoms with Crippen molar-refractivity contribution in [3.05, 3.63) is 69.1 Å². The van der Waals surface area contributed by atoms with Crippen LogP contribution < -0.4 is 10.1 Å². The van der Waals surface area contributed by atoms with Crippen molar-refractivity contribution < 1.29 is 9.53 Å². The lowest BCUT2D eigenvalue weighted by Crippen LogP contribution is -2.25. The molecule has 4 nitrogen and oxygen atoms in total. The van der Waals surface area contributed by atoms with E-state index in [9.17, 15) is 4.79 Å². The van der Waals surface area contributed by atoms with Crippen molar-refractivity contribution in [1.29, 1.82) is 0 Å². The van der Waals surface area contributed by atoms with Crippen molar-refractivity contribution >= 4 is 40.4 Å². The van der Waals surface area contributed by atoms with Gasteiger partial charge in [-0.2, -0.15) is 0 Å². The van der Waals surface area contributed by atoms with E-state index >= 15 is 0 Å². The Morgan fingerprint density at radius 1 is 1.18 bits per heavy atom. The number of aromatic nitrogens is 1. The third kappa shape index (κ3) is 4.66. The molecule has 28 heavy (non-hydrogen) atoms. The Kier molecular flexibility index (Phi) is 5.85. The molecule has 0 aliphatic heterocycles. The van der Waals surface area contributed by atoms with Crippen molar-refractivity contribution in [2.75, 3.05) is 6.54 Å². The van der Waals surface area contributed by atoms with E-state index in [-0.39, 0.29) is 5.91 Å². The lowest BCUT2D eigenvalue weighted by Gasteiger charge is -2.10. The summed E-state index contributed by atoms with van der Waals surface area (Å²) in [5, 5.41) is 6.50. The Morgan fingerprint density at radius 2 is 2.00 bits per heavy atom. The van der Waals surface area contributed by atoms with Crippen molar-refractivity contribution in [3.8, 4) is 16.3 Å². The number of nitrogens with zero attached hydrogens (tertiary/aromatic N) is 1. The fourth-order valence-electron chi connectivity index (χ4n) is 2.71. The predicted octanol–water partition coefficient (Wildman–Crippen LogP) is 5.84. The molecule has 1 fully saturated rings. The van der Waals surface area contributed by atoms with Gasteiger partial charge < -0.3 is 10.1 Å². The van der Waals surface area contributed by atoms with Crippen LogP contribution in [0.25, 0.3) is 10.6 Å². The number of nitrogens with one attached hydrogen (secondary N) is 1. The van der Waals surface area contributed by atoms with Gasteiger partial charge in [0.15, 0.2) is 0 Å². The van der Waals surface area contributed by atoms with E-state index in [0.29, 0.717) is 34.0 Å². The van der Waals surface area contributed by atoms with Gasteiger partial charge in [0.1, 0.15) is 23.1 Å². The number of para-hydroxylation sites is 1. The largest absolute Gasteiger partial charge is 0.488 e.